The molecule has 0 fully saturated rings. The number of rotatable bonds is 6. The van der Waals surface area contributed by atoms with Gasteiger partial charge in [0, 0.05) is 13.5 Å². The first-order valence-electron chi connectivity index (χ1n) is 7.10. The summed E-state index contributed by atoms with van der Waals surface area (Å²) in [6, 6.07) is 15.8. The minimum Gasteiger partial charge on any atom is -0.468 e. The molecular weight excluding hydrogens is 296 g/mol. The Balaban J connectivity index is 1.83. The lowest BCUT2D eigenvalue weighted by Crippen LogP contribution is -1.99. The van der Waals surface area contributed by atoms with Gasteiger partial charge in [0.15, 0.2) is 12.6 Å². The molecule has 2 aromatic carbocycles. The van der Waals surface area contributed by atoms with E-state index in [9.17, 15) is 4.79 Å². The molecule has 0 bridgehead atoms. The van der Waals surface area contributed by atoms with E-state index in [4.69, 9.17) is 9.47 Å². The number of nitrogens with one attached hydrogen (secondary N) is 1. The van der Waals surface area contributed by atoms with Crippen molar-refractivity contribution < 1.29 is 14.0 Å². The third-order valence-electron chi connectivity index (χ3n) is 3.29. The fourth-order valence-electron chi connectivity index (χ4n) is 2.28. The number of aromatic amines is 1. The molecule has 6 heteroatoms. The van der Waals surface area contributed by atoms with Gasteiger partial charge in [0.05, 0.1) is 0 Å². The van der Waals surface area contributed by atoms with Crippen LogP contribution in [0.4, 0.5) is 0 Å². The van der Waals surface area contributed by atoms with E-state index < -0.39 is 5.76 Å². The van der Waals surface area contributed by atoms with Crippen LogP contribution in [-0.2, 0) is 11.2 Å². The molecule has 0 saturated carbocycles. The molecule has 0 aliphatic heterocycles. The van der Waals surface area contributed by atoms with Crippen LogP contribution in [0.5, 0.6) is 5.75 Å². The minimum atomic E-state index is -0.542. The molecule has 1 aromatic heterocycles. The number of nitrogens with zero attached hydrogens (tertiary/aromatic N) is 1. The van der Waals surface area contributed by atoms with Crippen molar-refractivity contribution in [2.24, 2.45) is 0 Å². The zero-order valence-corrected chi connectivity index (χ0v) is 12.6. The lowest BCUT2D eigenvalue weighted by atomic mass is 10.0. The number of aromatic nitrogens is 2. The lowest BCUT2D eigenvalue weighted by molar-refractivity contribution is 0.0511. The van der Waals surface area contributed by atoms with Crippen LogP contribution >= 0.6 is 0 Å². The average molecular weight is 312 g/mol. The first-order chi connectivity index (χ1) is 11.2. The molecule has 0 amide bonds. The van der Waals surface area contributed by atoms with Crippen LogP contribution in [0.15, 0.2) is 57.8 Å². The van der Waals surface area contributed by atoms with Crippen molar-refractivity contribution in [1.82, 2.24) is 10.1 Å². The molecule has 0 atom stereocenters. The van der Waals surface area contributed by atoms with E-state index >= 15 is 0 Å². The second kappa shape index (κ2) is 6.93. The van der Waals surface area contributed by atoms with Gasteiger partial charge in [0.2, 0.25) is 0 Å². The topological polar surface area (TPSA) is 77.3 Å². The van der Waals surface area contributed by atoms with Gasteiger partial charge in [-0.2, -0.15) is 0 Å². The molecule has 0 spiro atoms. The van der Waals surface area contributed by atoms with Crippen LogP contribution in [0, 0.1) is 0 Å². The Morgan fingerprint density at radius 1 is 1.13 bits per heavy atom. The molecule has 1 heterocycles. The van der Waals surface area contributed by atoms with Gasteiger partial charge in [-0.15, -0.1) is 0 Å². The quantitative estimate of drug-likeness (QED) is 0.708. The smallest absolute Gasteiger partial charge is 0.438 e. The largest absolute Gasteiger partial charge is 0.468 e. The van der Waals surface area contributed by atoms with E-state index in [1.54, 1.807) is 7.11 Å². The Morgan fingerprint density at radius 2 is 1.91 bits per heavy atom. The monoisotopic (exact) mass is 312 g/mol. The molecule has 0 aliphatic rings. The van der Waals surface area contributed by atoms with Crippen LogP contribution in [0.25, 0.3) is 11.1 Å². The molecule has 6 nitrogen and oxygen atoms in total. The number of benzene rings is 2. The molecule has 3 aromatic rings. The summed E-state index contributed by atoms with van der Waals surface area (Å²) >= 11 is 0. The van der Waals surface area contributed by atoms with Gasteiger partial charge >= 0.3 is 5.76 Å². The van der Waals surface area contributed by atoms with Crippen molar-refractivity contribution in [2.45, 2.75) is 6.42 Å². The van der Waals surface area contributed by atoms with Gasteiger partial charge < -0.3 is 9.47 Å². The normalized spacial score (nSPS) is 10.7. The van der Waals surface area contributed by atoms with Crippen molar-refractivity contribution in [1.29, 1.82) is 0 Å². The zero-order valence-electron chi connectivity index (χ0n) is 12.6. The van der Waals surface area contributed by atoms with Gasteiger partial charge in [-0.25, -0.2) is 4.79 Å². The second-order valence-electron chi connectivity index (χ2n) is 5.00. The lowest BCUT2D eigenvalue weighted by Gasteiger charge is -2.08. The summed E-state index contributed by atoms with van der Waals surface area (Å²) in [5, 5.41) is 3.68. The third kappa shape index (κ3) is 3.87. The predicted molar refractivity (Wildman–Crippen MR) is 84.3 cm³/mol. The number of ether oxygens (including phenoxy) is 2. The molecule has 1 N–H and O–H groups in total. The fraction of sp³-hybridized carbons (Fsp3) is 0.176. The standard InChI is InChI=1S/C17H16N2O4/c1-21-11-22-15-7-3-6-14(10-15)13-5-2-4-12(8-13)9-16-18-17(20)23-19-16/h2-8,10H,9,11H2,1H3,(H,18,19,20). The van der Waals surface area contributed by atoms with Crippen molar-refractivity contribution in [2.75, 3.05) is 13.9 Å². The summed E-state index contributed by atoms with van der Waals surface area (Å²) < 4.78 is 14.9. The SMILES string of the molecule is COCOc1cccc(-c2cccc(Cc3noc(=O)[nH]3)c2)c1. The van der Waals surface area contributed by atoms with Crippen molar-refractivity contribution >= 4 is 0 Å². The molecule has 23 heavy (non-hydrogen) atoms. The fourth-order valence-corrected chi connectivity index (χ4v) is 2.28. The molecule has 0 unspecified atom stereocenters. The summed E-state index contributed by atoms with van der Waals surface area (Å²) in [5.41, 5.74) is 3.11. The number of methoxy groups -OCH3 is 1. The van der Waals surface area contributed by atoms with Gasteiger partial charge in [0.1, 0.15) is 5.75 Å². The van der Waals surface area contributed by atoms with Crippen LogP contribution < -0.4 is 10.5 Å². The minimum absolute atomic E-state index is 0.211. The van der Waals surface area contributed by atoms with Gasteiger partial charge in [0.25, 0.3) is 0 Å². The molecule has 3 rings (SSSR count). The van der Waals surface area contributed by atoms with Crippen molar-refractivity contribution in [3.05, 3.63) is 70.5 Å². The first kappa shape index (κ1) is 15.1. The molecule has 0 radical (unpaired) electrons. The van der Waals surface area contributed by atoms with Gasteiger partial charge in [-0.1, -0.05) is 41.6 Å². The summed E-state index contributed by atoms with van der Waals surface area (Å²) in [7, 11) is 1.58. The van der Waals surface area contributed by atoms with E-state index in [0.717, 1.165) is 22.4 Å². The number of hydrogen-bond donors (Lipinski definition) is 1. The maximum atomic E-state index is 11.0. The van der Waals surface area contributed by atoms with Crippen molar-refractivity contribution in [3.8, 4) is 16.9 Å². The molecule has 0 aliphatic carbocycles. The highest BCUT2D eigenvalue weighted by molar-refractivity contribution is 5.65. The number of hydrogen-bond acceptors (Lipinski definition) is 5. The van der Waals surface area contributed by atoms with Crippen LogP contribution in [0.1, 0.15) is 11.4 Å². The van der Waals surface area contributed by atoms with E-state index in [2.05, 4.69) is 14.7 Å². The van der Waals surface area contributed by atoms with Crippen molar-refractivity contribution in [3.63, 3.8) is 0 Å². The third-order valence-corrected chi connectivity index (χ3v) is 3.29. The molecule has 118 valence electrons. The summed E-state index contributed by atoms with van der Waals surface area (Å²) in [6.45, 7) is 0.211. The highest BCUT2D eigenvalue weighted by Crippen LogP contribution is 2.25. The zero-order chi connectivity index (χ0) is 16.1. The van der Waals surface area contributed by atoms with E-state index in [1.165, 1.54) is 0 Å². The number of H-pyrrole nitrogens is 1. The Bertz CT molecular complexity index is 838. The summed E-state index contributed by atoms with van der Waals surface area (Å²) in [5.74, 6) is 0.707. The maximum Gasteiger partial charge on any atom is 0.438 e. The predicted octanol–water partition coefficient (Wildman–Crippen LogP) is 2.60. The Morgan fingerprint density at radius 3 is 2.65 bits per heavy atom. The van der Waals surface area contributed by atoms with E-state index in [-0.39, 0.29) is 6.79 Å². The molecular formula is C17H16N2O4. The molecule has 0 saturated heterocycles. The first-order valence-corrected chi connectivity index (χ1v) is 7.10. The Hall–Kier alpha value is -2.86. The van der Waals surface area contributed by atoms with E-state index in [1.807, 2.05) is 48.5 Å². The van der Waals surface area contributed by atoms with Crippen LogP contribution in [-0.4, -0.2) is 24.0 Å². The summed E-state index contributed by atoms with van der Waals surface area (Å²) in [6.07, 6.45) is 0.499. The Kier molecular flexibility index (Phi) is 4.54. The highest BCUT2D eigenvalue weighted by atomic mass is 16.7. The average Bonchev–Trinajstić information content (AvgIpc) is 2.98. The van der Waals surface area contributed by atoms with Crippen LogP contribution in [0.3, 0.4) is 0 Å². The van der Waals surface area contributed by atoms with Gasteiger partial charge in [-0.05, 0) is 28.8 Å². The van der Waals surface area contributed by atoms with E-state index in [0.29, 0.717) is 12.2 Å². The second-order valence-corrected chi connectivity index (χ2v) is 5.00. The van der Waals surface area contributed by atoms with Crippen LogP contribution in [0.2, 0.25) is 0 Å². The Labute approximate surface area is 132 Å². The highest BCUT2D eigenvalue weighted by Gasteiger charge is 2.05. The maximum absolute atomic E-state index is 11.0. The summed E-state index contributed by atoms with van der Waals surface area (Å²) in [4.78, 5) is 13.5. The van der Waals surface area contributed by atoms with Gasteiger partial charge in [-0.3, -0.25) is 9.51 Å².